The topological polar surface area (TPSA) is 76.0 Å². The van der Waals surface area contributed by atoms with Crippen LogP contribution in [0, 0.1) is 6.92 Å². The lowest BCUT2D eigenvalue weighted by Gasteiger charge is -2.14. The predicted molar refractivity (Wildman–Crippen MR) is 121 cm³/mol. The molecule has 3 aromatic carbocycles. The summed E-state index contributed by atoms with van der Waals surface area (Å²) >= 11 is 0. The number of ether oxygens (including phenoxy) is 4. The molecule has 0 radical (unpaired) electrons. The van der Waals surface area contributed by atoms with E-state index in [4.69, 9.17) is 18.9 Å². The van der Waals surface area contributed by atoms with E-state index in [-0.39, 0.29) is 30.4 Å². The Kier molecular flexibility index (Phi) is 4.36. The molecule has 0 saturated carbocycles. The number of carbonyl (C=O) groups excluding carboxylic acids is 1. The summed E-state index contributed by atoms with van der Waals surface area (Å²) in [4.78, 5) is 26.9. The Labute approximate surface area is 188 Å². The summed E-state index contributed by atoms with van der Waals surface area (Å²) in [6.07, 6.45) is 1.62. The molecular formula is C26H19NO6. The maximum absolute atomic E-state index is 13.4. The molecule has 1 aromatic heterocycles. The number of nitrogens with zero attached hydrogens (tertiary/aromatic N) is 1. The van der Waals surface area contributed by atoms with Crippen molar-refractivity contribution in [1.29, 1.82) is 0 Å². The fourth-order valence-electron chi connectivity index (χ4n) is 4.16. The van der Waals surface area contributed by atoms with Crippen LogP contribution in [0.5, 0.6) is 23.0 Å². The van der Waals surface area contributed by atoms with Gasteiger partial charge in [0.15, 0.2) is 28.8 Å². The standard InChI is InChI=1S/C26H19NO6/c1-15-2-4-16(5-3-15)11-27-12-19(25(28)17-6-7-21-22(8-17)31-13-30-21)26(29)18-9-23-24(10-20(18)27)33-14-32-23/h2-10,12H,11,13-14H2,1H3. The number of benzene rings is 3. The van der Waals surface area contributed by atoms with E-state index in [9.17, 15) is 9.59 Å². The third-order valence-corrected chi connectivity index (χ3v) is 5.93. The summed E-state index contributed by atoms with van der Waals surface area (Å²) in [7, 11) is 0. The summed E-state index contributed by atoms with van der Waals surface area (Å²) < 4.78 is 23.6. The van der Waals surface area contributed by atoms with Gasteiger partial charge in [0, 0.05) is 24.4 Å². The van der Waals surface area contributed by atoms with Crippen molar-refractivity contribution in [2.45, 2.75) is 13.5 Å². The highest BCUT2D eigenvalue weighted by Crippen LogP contribution is 2.36. The van der Waals surface area contributed by atoms with E-state index in [0.717, 1.165) is 11.1 Å². The van der Waals surface area contributed by atoms with Gasteiger partial charge in [-0.2, -0.15) is 0 Å². The van der Waals surface area contributed by atoms with Crippen molar-refractivity contribution in [2.75, 3.05) is 13.6 Å². The summed E-state index contributed by atoms with van der Waals surface area (Å²) in [5, 5.41) is 0.401. The van der Waals surface area contributed by atoms with Crippen LogP contribution in [0.2, 0.25) is 0 Å². The van der Waals surface area contributed by atoms with Gasteiger partial charge in [-0.15, -0.1) is 0 Å². The Morgan fingerprint density at radius 3 is 2.27 bits per heavy atom. The van der Waals surface area contributed by atoms with E-state index in [1.165, 1.54) is 0 Å². The second-order valence-electron chi connectivity index (χ2n) is 8.11. The number of fused-ring (bicyclic) bond motifs is 3. The summed E-state index contributed by atoms with van der Waals surface area (Å²) in [5.41, 5.74) is 2.96. The van der Waals surface area contributed by atoms with Crippen LogP contribution in [0.3, 0.4) is 0 Å². The van der Waals surface area contributed by atoms with Gasteiger partial charge in [-0.1, -0.05) is 29.8 Å². The number of rotatable bonds is 4. The molecular weight excluding hydrogens is 422 g/mol. The molecule has 7 nitrogen and oxygen atoms in total. The maximum atomic E-state index is 13.4. The Morgan fingerprint density at radius 1 is 0.848 bits per heavy atom. The Bertz CT molecular complexity index is 1490. The highest BCUT2D eigenvalue weighted by Gasteiger charge is 2.23. The minimum atomic E-state index is -0.379. The molecule has 2 aliphatic rings. The van der Waals surface area contributed by atoms with E-state index < -0.39 is 0 Å². The van der Waals surface area contributed by atoms with Crippen LogP contribution in [0.1, 0.15) is 27.0 Å². The maximum Gasteiger partial charge on any atom is 0.231 e. The average Bonchev–Trinajstić information content (AvgIpc) is 3.49. The van der Waals surface area contributed by atoms with Crippen LogP contribution in [-0.2, 0) is 6.54 Å². The first kappa shape index (κ1) is 19.4. The number of aromatic nitrogens is 1. The molecule has 0 bridgehead atoms. The lowest BCUT2D eigenvalue weighted by atomic mass is 10.0. The second-order valence-corrected chi connectivity index (χ2v) is 8.11. The van der Waals surface area contributed by atoms with E-state index in [1.807, 2.05) is 35.8 Å². The van der Waals surface area contributed by atoms with Crippen molar-refractivity contribution >= 4 is 16.7 Å². The predicted octanol–water partition coefficient (Wildman–Crippen LogP) is 4.05. The first-order chi connectivity index (χ1) is 16.1. The molecule has 3 heterocycles. The normalized spacial score (nSPS) is 13.5. The van der Waals surface area contributed by atoms with Crippen LogP contribution in [0.25, 0.3) is 10.9 Å². The van der Waals surface area contributed by atoms with Crippen LogP contribution in [-0.4, -0.2) is 23.9 Å². The van der Waals surface area contributed by atoms with Crippen molar-refractivity contribution in [3.8, 4) is 23.0 Å². The minimum absolute atomic E-state index is 0.0762. The number of ketones is 1. The molecule has 7 heteroatoms. The van der Waals surface area contributed by atoms with Gasteiger partial charge in [-0.25, -0.2) is 0 Å². The van der Waals surface area contributed by atoms with Gasteiger partial charge in [-0.05, 0) is 36.8 Å². The van der Waals surface area contributed by atoms with Gasteiger partial charge in [0.2, 0.25) is 19.0 Å². The van der Waals surface area contributed by atoms with Crippen LogP contribution >= 0.6 is 0 Å². The van der Waals surface area contributed by atoms with Crippen molar-refractivity contribution < 1.29 is 23.7 Å². The first-order valence-corrected chi connectivity index (χ1v) is 10.5. The number of aryl methyl sites for hydroxylation is 1. The smallest absolute Gasteiger partial charge is 0.231 e. The molecule has 2 aliphatic heterocycles. The van der Waals surface area contributed by atoms with E-state index in [1.54, 1.807) is 36.5 Å². The number of hydrogen-bond donors (Lipinski definition) is 0. The molecule has 164 valence electrons. The van der Waals surface area contributed by atoms with Crippen LogP contribution < -0.4 is 24.4 Å². The summed E-state index contributed by atoms with van der Waals surface area (Å²) in [6.45, 7) is 2.72. The van der Waals surface area contributed by atoms with Crippen molar-refractivity contribution in [1.82, 2.24) is 4.57 Å². The average molecular weight is 441 g/mol. The van der Waals surface area contributed by atoms with Gasteiger partial charge >= 0.3 is 0 Å². The zero-order valence-corrected chi connectivity index (χ0v) is 17.8. The van der Waals surface area contributed by atoms with Crippen molar-refractivity contribution in [3.63, 3.8) is 0 Å². The minimum Gasteiger partial charge on any atom is -0.454 e. The molecule has 0 N–H and O–H groups in total. The molecule has 0 atom stereocenters. The molecule has 33 heavy (non-hydrogen) atoms. The lowest BCUT2D eigenvalue weighted by Crippen LogP contribution is -2.20. The molecule has 0 aliphatic carbocycles. The summed E-state index contributed by atoms with van der Waals surface area (Å²) in [5.74, 6) is 1.76. The highest BCUT2D eigenvalue weighted by molar-refractivity contribution is 6.10. The fraction of sp³-hybridized carbons (Fsp3) is 0.154. The molecule has 4 aromatic rings. The van der Waals surface area contributed by atoms with Crippen molar-refractivity contribution in [2.24, 2.45) is 0 Å². The Morgan fingerprint density at radius 2 is 1.52 bits per heavy atom. The number of pyridine rings is 1. The molecule has 0 amide bonds. The quantitative estimate of drug-likeness (QED) is 0.445. The zero-order valence-electron chi connectivity index (χ0n) is 17.8. The van der Waals surface area contributed by atoms with Gasteiger partial charge in [0.05, 0.1) is 16.5 Å². The zero-order chi connectivity index (χ0) is 22.5. The van der Waals surface area contributed by atoms with Crippen molar-refractivity contribution in [3.05, 3.63) is 93.3 Å². The summed E-state index contributed by atoms with van der Waals surface area (Å²) in [6, 6.07) is 16.5. The molecule has 0 fully saturated rings. The fourth-order valence-corrected chi connectivity index (χ4v) is 4.16. The largest absolute Gasteiger partial charge is 0.454 e. The second kappa shape index (κ2) is 7.41. The third-order valence-electron chi connectivity index (χ3n) is 5.93. The Balaban J connectivity index is 1.52. The molecule has 6 rings (SSSR count). The first-order valence-electron chi connectivity index (χ1n) is 10.5. The third kappa shape index (κ3) is 3.29. The monoisotopic (exact) mass is 441 g/mol. The Hall–Kier alpha value is -4.26. The number of hydrogen-bond acceptors (Lipinski definition) is 6. The van der Waals surface area contributed by atoms with E-state index in [2.05, 4.69) is 0 Å². The number of carbonyl (C=O) groups is 1. The van der Waals surface area contributed by atoms with Gasteiger partial charge in [-0.3, -0.25) is 9.59 Å². The van der Waals surface area contributed by atoms with Gasteiger partial charge < -0.3 is 23.5 Å². The van der Waals surface area contributed by atoms with Crippen LogP contribution in [0.15, 0.2) is 65.6 Å². The lowest BCUT2D eigenvalue weighted by molar-refractivity contribution is 0.103. The van der Waals surface area contributed by atoms with E-state index in [0.29, 0.717) is 46.0 Å². The van der Waals surface area contributed by atoms with Gasteiger partial charge in [0.25, 0.3) is 0 Å². The SMILES string of the molecule is Cc1ccc(Cn2cc(C(=O)c3ccc4c(c3)OCO4)c(=O)c3cc4c(cc32)OCO4)cc1. The molecule has 0 saturated heterocycles. The molecule has 0 spiro atoms. The van der Waals surface area contributed by atoms with Crippen LogP contribution in [0.4, 0.5) is 0 Å². The van der Waals surface area contributed by atoms with E-state index >= 15 is 0 Å². The van der Waals surface area contributed by atoms with Gasteiger partial charge in [0.1, 0.15) is 0 Å². The highest BCUT2D eigenvalue weighted by atomic mass is 16.7. The molecule has 0 unspecified atom stereocenters.